The SMILES string of the molecule is Cc1cc2c(NC(C)C(=O)N(C)C)nccn2n1. The van der Waals surface area contributed by atoms with Crippen molar-refractivity contribution in [1.82, 2.24) is 19.5 Å². The van der Waals surface area contributed by atoms with E-state index in [-0.39, 0.29) is 11.9 Å². The zero-order valence-electron chi connectivity index (χ0n) is 11.0. The van der Waals surface area contributed by atoms with Crippen LogP contribution in [0.3, 0.4) is 0 Å². The molecule has 2 aromatic rings. The number of hydrogen-bond acceptors (Lipinski definition) is 4. The highest BCUT2D eigenvalue weighted by Crippen LogP contribution is 2.15. The summed E-state index contributed by atoms with van der Waals surface area (Å²) < 4.78 is 1.75. The molecule has 0 aliphatic carbocycles. The first kappa shape index (κ1) is 12.3. The maximum Gasteiger partial charge on any atom is 0.244 e. The summed E-state index contributed by atoms with van der Waals surface area (Å²) in [5, 5.41) is 7.42. The van der Waals surface area contributed by atoms with E-state index in [1.54, 1.807) is 35.9 Å². The minimum Gasteiger partial charge on any atom is -0.357 e. The van der Waals surface area contributed by atoms with Crippen molar-refractivity contribution in [2.75, 3.05) is 19.4 Å². The molecule has 2 aromatic heterocycles. The highest BCUT2D eigenvalue weighted by Gasteiger charge is 2.16. The number of aromatic nitrogens is 3. The first-order valence-electron chi connectivity index (χ1n) is 5.77. The lowest BCUT2D eigenvalue weighted by atomic mass is 10.3. The maximum absolute atomic E-state index is 11.8. The Balaban J connectivity index is 2.29. The van der Waals surface area contributed by atoms with Crippen LogP contribution in [0.5, 0.6) is 0 Å². The van der Waals surface area contributed by atoms with E-state index in [0.717, 1.165) is 11.2 Å². The molecule has 0 radical (unpaired) electrons. The summed E-state index contributed by atoms with van der Waals surface area (Å²) in [5.74, 6) is 0.677. The number of carbonyl (C=O) groups excluding carboxylic acids is 1. The second-order valence-corrected chi connectivity index (χ2v) is 4.49. The maximum atomic E-state index is 11.8. The lowest BCUT2D eigenvalue weighted by molar-refractivity contribution is -0.129. The summed E-state index contributed by atoms with van der Waals surface area (Å²) in [6, 6.07) is 1.61. The van der Waals surface area contributed by atoms with Crippen molar-refractivity contribution in [3.05, 3.63) is 24.2 Å². The van der Waals surface area contributed by atoms with Gasteiger partial charge >= 0.3 is 0 Å². The summed E-state index contributed by atoms with van der Waals surface area (Å²) in [4.78, 5) is 17.6. The zero-order chi connectivity index (χ0) is 13.3. The Hall–Kier alpha value is -2.11. The standard InChI is InChI=1S/C12H17N5O/c1-8-7-10-11(13-5-6-17(10)15-8)14-9(2)12(18)16(3)4/h5-7,9H,1-4H3,(H,13,14). The third kappa shape index (κ3) is 2.27. The van der Waals surface area contributed by atoms with Crippen molar-refractivity contribution in [2.24, 2.45) is 0 Å². The minimum absolute atomic E-state index is 0.00930. The molecule has 6 nitrogen and oxygen atoms in total. The lowest BCUT2D eigenvalue weighted by Gasteiger charge is -2.18. The van der Waals surface area contributed by atoms with Gasteiger partial charge in [0.25, 0.3) is 0 Å². The Morgan fingerprint density at radius 2 is 2.22 bits per heavy atom. The number of nitrogens with zero attached hydrogens (tertiary/aromatic N) is 4. The summed E-state index contributed by atoms with van der Waals surface area (Å²) >= 11 is 0. The quantitative estimate of drug-likeness (QED) is 0.876. The molecule has 0 aromatic carbocycles. The number of anilines is 1. The molecule has 0 aliphatic heterocycles. The van der Waals surface area contributed by atoms with Crippen LogP contribution < -0.4 is 5.32 Å². The normalized spacial score (nSPS) is 12.4. The summed E-state index contributed by atoms with van der Waals surface area (Å²) in [5.41, 5.74) is 1.78. The molecular weight excluding hydrogens is 230 g/mol. The fourth-order valence-electron chi connectivity index (χ4n) is 1.81. The van der Waals surface area contributed by atoms with Crippen LogP contribution in [0.25, 0.3) is 5.52 Å². The van der Waals surface area contributed by atoms with Gasteiger partial charge in [-0.15, -0.1) is 0 Å². The fraction of sp³-hybridized carbons (Fsp3) is 0.417. The Kier molecular flexibility index (Phi) is 3.18. The van der Waals surface area contributed by atoms with E-state index < -0.39 is 0 Å². The van der Waals surface area contributed by atoms with E-state index in [4.69, 9.17) is 0 Å². The number of carbonyl (C=O) groups is 1. The van der Waals surface area contributed by atoms with Crippen LogP contribution in [-0.2, 0) is 4.79 Å². The minimum atomic E-state index is -0.325. The average Bonchev–Trinajstić information content (AvgIpc) is 2.69. The van der Waals surface area contributed by atoms with E-state index in [1.165, 1.54) is 0 Å². The molecule has 0 saturated carbocycles. The molecule has 96 valence electrons. The van der Waals surface area contributed by atoms with Gasteiger partial charge in [-0.1, -0.05) is 0 Å². The van der Waals surface area contributed by atoms with Crippen molar-refractivity contribution in [3.63, 3.8) is 0 Å². The summed E-state index contributed by atoms with van der Waals surface area (Å²) in [6.45, 7) is 3.74. The van der Waals surface area contributed by atoms with Crippen LogP contribution in [0.4, 0.5) is 5.82 Å². The number of hydrogen-bond donors (Lipinski definition) is 1. The number of amides is 1. The number of rotatable bonds is 3. The number of aryl methyl sites for hydroxylation is 1. The van der Waals surface area contributed by atoms with E-state index in [2.05, 4.69) is 15.4 Å². The predicted octanol–water partition coefficient (Wildman–Crippen LogP) is 0.926. The number of likely N-dealkylation sites (N-methyl/N-ethyl adjacent to an activating group) is 1. The van der Waals surface area contributed by atoms with Crippen LogP contribution in [0.15, 0.2) is 18.5 Å². The van der Waals surface area contributed by atoms with Crippen LogP contribution in [-0.4, -0.2) is 45.5 Å². The van der Waals surface area contributed by atoms with E-state index in [0.29, 0.717) is 5.82 Å². The molecule has 18 heavy (non-hydrogen) atoms. The average molecular weight is 247 g/mol. The van der Waals surface area contributed by atoms with Crippen molar-refractivity contribution in [1.29, 1.82) is 0 Å². The van der Waals surface area contributed by atoms with Crippen molar-refractivity contribution in [2.45, 2.75) is 19.9 Å². The smallest absolute Gasteiger partial charge is 0.244 e. The van der Waals surface area contributed by atoms with Crippen LogP contribution in [0, 0.1) is 6.92 Å². The number of fused-ring (bicyclic) bond motifs is 1. The van der Waals surface area contributed by atoms with Gasteiger partial charge in [-0.05, 0) is 19.9 Å². The van der Waals surface area contributed by atoms with Gasteiger partial charge in [0.15, 0.2) is 5.82 Å². The molecule has 2 rings (SSSR count). The second-order valence-electron chi connectivity index (χ2n) is 4.49. The van der Waals surface area contributed by atoms with Crippen LogP contribution in [0.1, 0.15) is 12.6 Å². The van der Waals surface area contributed by atoms with Crippen molar-refractivity contribution in [3.8, 4) is 0 Å². The Labute approximate surface area is 106 Å². The van der Waals surface area contributed by atoms with Crippen molar-refractivity contribution < 1.29 is 4.79 Å². The van der Waals surface area contributed by atoms with Gasteiger partial charge in [0.1, 0.15) is 11.6 Å². The van der Waals surface area contributed by atoms with E-state index in [9.17, 15) is 4.79 Å². The van der Waals surface area contributed by atoms with Gasteiger partial charge in [-0.3, -0.25) is 4.79 Å². The molecule has 1 N–H and O–H groups in total. The molecule has 1 unspecified atom stereocenters. The number of nitrogens with one attached hydrogen (secondary N) is 1. The van der Waals surface area contributed by atoms with E-state index >= 15 is 0 Å². The predicted molar refractivity (Wildman–Crippen MR) is 69.5 cm³/mol. The topological polar surface area (TPSA) is 62.5 Å². The monoisotopic (exact) mass is 247 g/mol. The van der Waals surface area contributed by atoms with Crippen LogP contribution in [0.2, 0.25) is 0 Å². The Morgan fingerprint density at radius 3 is 2.89 bits per heavy atom. The Morgan fingerprint density at radius 1 is 1.50 bits per heavy atom. The molecule has 1 amide bonds. The second kappa shape index (κ2) is 4.64. The van der Waals surface area contributed by atoms with Crippen LogP contribution >= 0.6 is 0 Å². The van der Waals surface area contributed by atoms with Crippen molar-refractivity contribution >= 4 is 17.2 Å². The Bertz CT molecular complexity index is 575. The summed E-state index contributed by atoms with van der Waals surface area (Å²) in [6.07, 6.45) is 3.45. The van der Waals surface area contributed by atoms with Gasteiger partial charge in [-0.2, -0.15) is 5.10 Å². The first-order valence-corrected chi connectivity index (χ1v) is 5.77. The van der Waals surface area contributed by atoms with Gasteiger partial charge in [-0.25, -0.2) is 9.50 Å². The fourth-order valence-corrected chi connectivity index (χ4v) is 1.81. The van der Waals surface area contributed by atoms with Gasteiger partial charge < -0.3 is 10.2 Å². The summed E-state index contributed by atoms with van der Waals surface area (Å²) in [7, 11) is 3.47. The van der Waals surface area contributed by atoms with E-state index in [1.807, 2.05) is 19.9 Å². The molecule has 0 fully saturated rings. The van der Waals surface area contributed by atoms with Gasteiger partial charge in [0.2, 0.25) is 5.91 Å². The molecular formula is C12H17N5O. The molecule has 0 aliphatic rings. The molecule has 1 atom stereocenters. The largest absolute Gasteiger partial charge is 0.357 e. The molecule has 0 bridgehead atoms. The third-order valence-corrected chi connectivity index (χ3v) is 2.68. The molecule has 0 spiro atoms. The highest BCUT2D eigenvalue weighted by molar-refractivity contribution is 5.85. The molecule has 6 heteroatoms. The zero-order valence-corrected chi connectivity index (χ0v) is 11.0. The third-order valence-electron chi connectivity index (χ3n) is 2.68. The van der Waals surface area contributed by atoms with Gasteiger partial charge in [0.05, 0.1) is 5.69 Å². The van der Waals surface area contributed by atoms with Gasteiger partial charge in [0, 0.05) is 26.5 Å². The highest BCUT2D eigenvalue weighted by atomic mass is 16.2. The lowest BCUT2D eigenvalue weighted by Crippen LogP contribution is -2.36. The first-order chi connectivity index (χ1) is 8.49. The molecule has 0 saturated heterocycles. The molecule has 2 heterocycles.